The first-order chi connectivity index (χ1) is 10.6. The average molecular weight is 338 g/mol. The fourth-order valence-corrected chi connectivity index (χ4v) is 3.42. The summed E-state index contributed by atoms with van der Waals surface area (Å²) < 4.78 is 0. The number of amides is 2. The molecule has 3 N–H and O–H groups in total. The van der Waals surface area contributed by atoms with Crippen molar-refractivity contribution in [2.75, 3.05) is 13.1 Å². The number of benzene rings is 1. The van der Waals surface area contributed by atoms with Crippen molar-refractivity contribution in [3.63, 3.8) is 0 Å². The Morgan fingerprint density at radius 2 is 2.13 bits per heavy atom. The second kappa shape index (κ2) is 7.79. The zero-order valence-electron chi connectivity index (χ0n) is 13.2. The molecule has 2 atom stereocenters. The molecule has 0 aromatic heterocycles. The third-order valence-electron chi connectivity index (χ3n) is 4.64. The second-order valence-corrected chi connectivity index (χ2v) is 6.19. The van der Waals surface area contributed by atoms with Gasteiger partial charge in [0.15, 0.2) is 0 Å². The number of hydrogen-bond acceptors (Lipinski definition) is 3. The maximum atomic E-state index is 12.1. The fourth-order valence-electron chi connectivity index (χ4n) is 3.42. The smallest absolute Gasteiger partial charge is 0.222 e. The Labute approximate surface area is 143 Å². The molecule has 1 aromatic rings. The van der Waals surface area contributed by atoms with Gasteiger partial charge in [-0.15, -0.1) is 12.4 Å². The average Bonchev–Trinajstić information content (AvgIpc) is 3.04. The van der Waals surface area contributed by atoms with Crippen LogP contribution in [0.25, 0.3) is 0 Å². The van der Waals surface area contributed by atoms with Gasteiger partial charge >= 0.3 is 0 Å². The Balaban J connectivity index is 0.00000192. The van der Waals surface area contributed by atoms with E-state index in [2.05, 4.69) is 11.4 Å². The predicted octanol–water partition coefficient (Wildman–Crippen LogP) is 1.55. The van der Waals surface area contributed by atoms with Crippen molar-refractivity contribution in [3.8, 4) is 0 Å². The number of rotatable bonds is 5. The van der Waals surface area contributed by atoms with Crippen LogP contribution in [0.15, 0.2) is 24.3 Å². The van der Waals surface area contributed by atoms with Gasteiger partial charge in [0, 0.05) is 25.9 Å². The Morgan fingerprint density at radius 3 is 2.83 bits per heavy atom. The Kier molecular flexibility index (Phi) is 6.02. The van der Waals surface area contributed by atoms with Crippen molar-refractivity contribution < 1.29 is 9.59 Å². The number of halogens is 1. The molecule has 1 saturated heterocycles. The summed E-state index contributed by atoms with van der Waals surface area (Å²) in [5.41, 5.74) is 8.58. The maximum absolute atomic E-state index is 12.1. The first kappa shape index (κ1) is 17.8. The van der Waals surface area contributed by atoms with Crippen LogP contribution in [0.4, 0.5) is 0 Å². The number of hydrogen-bond donors (Lipinski definition) is 2. The van der Waals surface area contributed by atoms with Crippen molar-refractivity contribution in [1.29, 1.82) is 0 Å². The molecule has 0 bridgehead atoms. The molecule has 1 aliphatic carbocycles. The van der Waals surface area contributed by atoms with Crippen LogP contribution in [0.2, 0.25) is 0 Å². The van der Waals surface area contributed by atoms with Gasteiger partial charge < -0.3 is 16.0 Å². The highest BCUT2D eigenvalue weighted by molar-refractivity contribution is 5.85. The summed E-state index contributed by atoms with van der Waals surface area (Å²) >= 11 is 0. The minimum atomic E-state index is -0.125. The lowest BCUT2D eigenvalue weighted by atomic mass is 10.1. The number of carbonyl (C=O) groups excluding carboxylic acids is 2. The first-order valence-electron chi connectivity index (χ1n) is 8.05. The molecule has 6 heteroatoms. The fraction of sp³-hybridized carbons (Fsp3) is 0.529. The molecule has 1 aromatic carbocycles. The normalized spacial score (nSPS) is 22.7. The van der Waals surface area contributed by atoms with E-state index in [0.717, 1.165) is 24.9 Å². The summed E-state index contributed by atoms with van der Waals surface area (Å²) in [6, 6.07) is 7.95. The third kappa shape index (κ3) is 4.03. The molecule has 126 valence electrons. The number of nitrogens with zero attached hydrogens (tertiary/aromatic N) is 1. The van der Waals surface area contributed by atoms with E-state index in [1.165, 1.54) is 5.56 Å². The molecule has 0 saturated carbocycles. The van der Waals surface area contributed by atoms with Crippen molar-refractivity contribution >= 4 is 24.2 Å². The van der Waals surface area contributed by atoms with Crippen molar-refractivity contribution in [3.05, 3.63) is 35.4 Å². The molecule has 1 aliphatic heterocycles. The van der Waals surface area contributed by atoms with Gasteiger partial charge in [-0.25, -0.2) is 0 Å². The Bertz CT molecular complexity index is 579. The van der Waals surface area contributed by atoms with Gasteiger partial charge in [0.2, 0.25) is 11.8 Å². The van der Waals surface area contributed by atoms with Crippen molar-refractivity contribution in [2.24, 2.45) is 5.73 Å². The van der Waals surface area contributed by atoms with Crippen LogP contribution in [-0.2, 0) is 16.0 Å². The molecule has 23 heavy (non-hydrogen) atoms. The summed E-state index contributed by atoms with van der Waals surface area (Å²) in [7, 11) is 0. The van der Waals surface area contributed by atoms with Crippen molar-refractivity contribution in [1.82, 2.24) is 10.2 Å². The van der Waals surface area contributed by atoms with E-state index >= 15 is 0 Å². The number of nitrogens with one attached hydrogen (secondary N) is 1. The maximum Gasteiger partial charge on any atom is 0.222 e. The van der Waals surface area contributed by atoms with Gasteiger partial charge in [0.1, 0.15) is 0 Å². The van der Waals surface area contributed by atoms with E-state index in [0.29, 0.717) is 25.8 Å². The topological polar surface area (TPSA) is 75.4 Å². The molecular weight excluding hydrogens is 314 g/mol. The van der Waals surface area contributed by atoms with E-state index in [1.807, 2.05) is 23.1 Å². The highest BCUT2D eigenvalue weighted by Crippen LogP contribution is 2.29. The predicted molar refractivity (Wildman–Crippen MR) is 91.3 cm³/mol. The van der Waals surface area contributed by atoms with Crippen LogP contribution < -0.4 is 11.1 Å². The molecule has 0 unspecified atom stereocenters. The lowest BCUT2D eigenvalue weighted by Crippen LogP contribution is -2.40. The van der Waals surface area contributed by atoms with E-state index < -0.39 is 0 Å². The molecule has 2 aliphatic rings. The molecular formula is C17H24ClN3O2. The van der Waals surface area contributed by atoms with Crippen molar-refractivity contribution in [2.45, 2.75) is 44.2 Å². The molecule has 0 spiro atoms. The summed E-state index contributed by atoms with van der Waals surface area (Å²) in [4.78, 5) is 25.4. The van der Waals surface area contributed by atoms with Crippen LogP contribution in [0.5, 0.6) is 0 Å². The van der Waals surface area contributed by atoms with E-state index in [1.54, 1.807) is 0 Å². The third-order valence-corrected chi connectivity index (χ3v) is 4.64. The number of likely N-dealkylation sites (tertiary alicyclic amines) is 1. The minimum absolute atomic E-state index is 0. The molecule has 2 amide bonds. The highest BCUT2D eigenvalue weighted by atomic mass is 35.5. The summed E-state index contributed by atoms with van der Waals surface area (Å²) in [6.07, 6.45) is 3.56. The molecule has 1 heterocycles. The number of carbonyl (C=O) groups is 2. The van der Waals surface area contributed by atoms with Gasteiger partial charge in [0.25, 0.3) is 0 Å². The second-order valence-electron chi connectivity index (χ2n) is 6.19. The summed E-state index contributed by atoms with van der Waals surface area (Å²) in [5.74, 6) is 0.244. The lowest BCUT2D eigenvalue weighted by molar-refractivity contribution is -0.128. The van der Waals surface area contributed by atoms with Crippen LogP contribution in [0.1, 0.15) is 42.9 Å². The minimum Gasteiger partial charge on any atom is -0.351 e. The number of fused-ring (bicyclic) bond motifs is 1. The van der Waals surface area contributed by atoms with Gasteiger partial charge in [-0.05, 0) is 30.4 Å². The van der Waals surface area contributed by atoms with Crippen LogP contribution >= 0.6 is 12.4 Å². The monoisotopic (exact) mass is 337 g/mol. The Hall–Kier alpha value is -1.59. The van der Waals surface area contributed by atoms with Gasteiger partial charge in [-0.2, -0.15) is 0 Å². The van der Waals surface area contributed by atoms with Crippen LogP contribution in [-0.4, -0.2) is 35.8 Å². The molecule has 5 nitrogen and oxygen atoms in total. The molecule has 0 radical (unpaired) electrons. The van der Waals surface area contributed by atoms with Gasteiger partial charge in [-0.1, -0.05) is 24.3 Å². The van der Waals surface area contributed by atoms with E-state index in [-0.39, 0.29) is 36.3 Å². The zero-order valence-corrected chi connectivity index (χ0v) is 14.0. The standard InChI is InChI=1S/C17H23N3O2.ClH/c18-17-13-6-2-1-5-12(13)11-14(17)19-15(21)7-3-9-20-10-4-8-16(20)22;/h1-2,5-6,14,17H,3-4,7-11,18H2,(H,19,21);1H/t14-,17-;/m0./s1. The Morgan fingerprint density at radius 1 is 1.35 bits per heavy atom. The lowest BCUT2D eigenvalue weighted by Gasteiger charge is -2.19. The summed E-state index contributed by atoms with van der Waals surface area (Å²) in [5, 5.41) is 3.04. The largest absolute Gasteiger partial charge is 0.351 e. The highest BCUT2D eigenvalue weighted by Gasteiger charge is 2.30. The molecule has 1 fully saturated rings. The van der Waals surface area contributed by atoms with Gasteiger partial charge in [0.05, 0.1) is 12.1 Å². The van der Waals surface area contributed by atoms with Gasteiger partial charge in [-0.3, -0.25) is 9.59 Å². The summed E-state index contributed by atoms with van der Waals surface area (Å²) in [6.45, 7) is 1.52. The van der Waals surface area contributed by atoms with E-state index in [9.17, 15) is 9.59 Å². The number of nitrogens with two attached hydrogens (primary N) is 1. The zero-order chi connectivity index (χ0) is 15.5. The molecule has 3 rings (SSSR count). The SMILES string of the molecule is Cl.N[C@H]1c2ccccc2C[C@@H]1NC(=O)CCCN1CCCC1=O. The van der Waals surface area contributed by atoms with E-state index in [4.69, 9.17) is 5.73 Å². The first-order valence-corrected chi connectivity index (χ1v) is 8.05. The van der Waals surface area contributed by atoms with Crippen LogP contribution in [0, 0.1) is 0 Å². The van der Waals surface area contributed by atoms with Crippen LogP contribution in [0.3, 0.4) is 0 Å². The quantitative estimate of drug-likeness (QED) is 0.856.